The Kier molecular flexibility index (Phi) is 9.33. The SMILES string of the molecule is COc1cc(OC(C)C)ccc1/C=C1/CCCN=C1c1cccnc1.Cl.Cl. The van der Waals surface area contributed by atoms with Crippen molar-refractivity contribution in [2.75, 3.05) is 13.7 Å². The molecule has 0 unspecified atom stereocenters. The van der Waals surface area contributed by atoms with Crippen molar-refractivity contribution in [1.29, 1.82) is 0 Å². The Balaban J connectivity index is 0.00000182. The average molecular weight is 409 g/mol. The fourth-order valence-electron chi connectivity index (χ4n) is 2.94. The van der Waals surface area contributed by atoms with Gasteiger partial charge in [0.15, 0.2) is 0 Å². The predicted molar refractivity (Wildman–Crippen MR) is 116 cm³/mol. The number of hydrogen-bond donors (Lipinski definition) is 0. The molecular formula is C21H26Cl2N2O2. The Hall–Kier alpha value is -2.04. The van der Waals surface area contributed by atoms with Gasteiger partial charge in [0.05, 0.1) is 18.9 Å². The molecule has 146 valence electrons. The lowest BCUT2D eigenvalue weighted by Crippen LogP contribution is -2.12. The minimum absolute atomic E-state index is 0. The van der Waals surface area contributed by atoms with Crippen LogP contribution in [0, 0.1) is 0 Å². The van der Waals surface area contributed by atoms with Gasteiger partial charge in [-0.3, -0.25) is 9.98 Å². The van der Waals surface area contributed by atoms with Crippen LogP contribution in [0.1, 0.15) is 37.8 Å². The van der Waals surface area contributed by atoms with Gasteiger partial charge in [0, 0.05) is 36.1 Å². The molecule has 0 radical (unpaired) electrons. The first-order valence-electron chi connectivity index (χ1n) is 8.68. The first-order chi connectivity index (χ1) is 12.2. The molecule has 3 rings (SSSR count). The molecule has 6 heteroatoms. The lowest BCUT2D eigenvalue weighted by Gasteiger charge is -2.17. The lowest BCUT2D eigenvalue weighted by molar-refractivity contribution is 0.241. The van der Waals surface area contributed by atoms with Crippen LogP contribution < -0.4 is 9.47 Å². The van der Waals surface area contributed by atoms with Gasteiger partial charge < -0.3 is 9.47 Å². The number of aliphatic imine (C=N–C) groups is 1. The summed E-state index contributed by atoms with van der Waals surface area (Å²) in [5, 5.41) is 0. The number of rotatable bonds is 5. The van der Waals surface area contributed by atoms with E-state index in [0.29, 0.717) is 0 Å². The van der Waals surface area contributed by atoms with Gasteiger partial charge >= 0.3 is 0 Å². The van der Waals surface area contributed by atoms with E-state index in [2.05, 4.69) is 17.1 Å². The molecule has 1 aliphatic rings. The molecule has 0 N–H and O–H groups in total. The topological polar surface area (TPSA) is 43.7 Å². The number of benzene rings is 1. The highest BCUT2D eigenvalue weighted by Crippen LogP contribution is 2.30. The highest BCUT2D eigenvalue weighted by molar-refractivity contribution is 6.15. The molecule has 0 spiro atoms. The molecule has 0 bridgehead atoms. The summed E-state index contributed by atoms with van der Waals surface area (Å²) < 4.78 is 11.3. The molecule has 2 aromatic rings. The standard InChI is InChI=1S/C21H24N2O2.2ClH/c1-15(2)25-19-9-8-16(20(13-19)24-3)12-17-6-5-11-23-21(17)18-7-4-10-22-14-18;;/h4,7-10,12-15H,5-6,11H2,1-3H3;2*1H/b17-12-;;. The maximum Gasteiger partial charge on any atom is 0.129 e. The van der Waals surface area contributed by atoms with Crippen LogP contribution in [0.25, 0.3) is 6.08 Å². The number of allylic oxidation sites excluding steroid dienone is 1. The number of hydrogen-bond acceptors (Lipinski definition) is 4. The van der Waals surface area contributed by atoms with Gasteiger partial charge in [-0.15, -0.1) is 24.8 Å². The van der Waals surface area contributed by atoms with Gasteiger partial charge in [-0.2, -0.15) is 0 Å². The van der Waals surface area contributed by atoms with Crippen molar-refractivity contribution >= 4 is 36.6 Å². The second-order valence-electron chi connectivity index (χ2n) is 6.32. The molecule has 1 aliphatic heterocycles. The first-order valence-corrected chi connectivity index (χ1v) is 8.68. The molecule has 1 aromatic heterocycles. The molecule has 0 atom stereocenters. The Bertz CT molecular complexity index is 790. The van der Waals surface area contributed by atoms with E-state index < -0.39 is 0 Å². The Morgan fingerprint density at radius 2 is 1.96 bits per heavy atom. The number of ether oxygens (including phenoxy) is 2. The summed E-state index contributed by atoms with van der Waals surface area (Å²) >= 11 is 0. The van der Waals surface area contributed by atoms with Crippen molar-refractivity contribution in [1.82, 2.24) is 4.98 Å². The van der Waals surface area contributed by atoms with Gasteiger partial charge in [-0.1, -0.05) is 0 Å². The number of pyridine rings is 1. The smallest absolute Gasteiger partial charge is 0.129 e. The van der Waals surface area contributed by atoms with Crippen LogP contribution in [-0.2, 0) is 0 Å². The van der Waals surface area contributed by atoms with Crippen LogP contribution >= 0.6 is 24.8 Å². The maximum atomic E-state index is 5.76. The molecule has 0 saturated heterocycles. The highest BCUT2D eigenvalue weighted by Gasteiger charge is 2.15. The van der Waals surface area contributed by atoms with Gasteiger partial charge in [-0.25, -0.2) is 0 Å². The van der Waals surface area contributed by atoms with Crippen molar-refractivity contribution in [2.24, 2.45) is 4.99 Å². The summed E-state index contributed by atoms with van der Waals surface area (Å²) in [6.45, 7) is 4.89. The van der Waals surface area contributed by atoms with Gasteiger partial charge in [0.2, 0.25) is 0 Å². The normalized spacial score (nSPS) is 14.8. The fourth-order valence-corrected chi connectivity index (χ4v) is 2.94. The Labute approximate surface area is 173 Å². The summed E-state index contributed by atoms with van der Waals surface area (Å²) in [5.41, 5.74) is 4.35. The molecule has 2 heterocycles. The minimum atomic E-state index is 0. The van der Waals surface area contributed by atoms with Crippen LogP contribution in [0.2, 0.25) is 0 Å². The summed E-state index contributed by atoms with van der Waals surface area (Å²) in [6, 6.07) is 9.97. The van der Waals surface area contributed by atoms with E-state index in [1.807, 2.05) is 44.3 Å². The van der Waals surface area contributed by atoms with Crippen molar-refractivity contribution in [2.45, 2.75) is 32.8 Å². The Morgan fingerprint density at radius 1 is 1.15 bits per heavy atom. The van der Waals surface area contributed by atoms with E-state index in [9.17, 15) is 0 Å². The molecule has 27 heavy (non-hydrogen) atoms. The van der Waals surface area contributed by atoms with E-state index in [1.165, 1.54) is 5.57 Å². The zero-order valence-electron chi connectivity index (χ0n) is 15.8. The van der Waals surface area contributed by atoms with E-state index in [4.69, 9.17) is 14.5 Å². The summed E-state index contributed by atoms with van der Waals surface area (Å²) in [6.07, 6.45) is 8.02. The van der Waals surface area contributed by atoms with E-state index in [0.717, 1.165) is 47.7 Å². The van der Waals surface area contributed by atoms with Crippen molar-refractivity contribution in [3.8, 4) is 11.5 Å². The van der Waals surface area contributed by atoms with Crippen LogP contribution in [0.4, 0.5) is 0 Å². The molecule has 0 fully saturated rings. The average Bonchev–Trinajstić information content (AvgIpc) is 2.63. The monoisotopic (exact) mass is 408 g/mol. The fraction of sp³-hybridized carbons (Fsp3) is 0.333. The van der Waals surface area contributed by atoms with E-state index >= 15 is 0 Å². The molecule has 0 saturated carbocycles. The minimum Gasteiger partial charge on any atom is -0.496 e. The second-order valence-corrected chi connectivity index (χ2v) is 6.32. The third-order valence-corrected chi connectivity index (χ3v) is 4.02. The zero-order chi connectivity index (χ0) is 17.6. The zero-order valence-corrected chi connectivity index (χ0v) is 17.5. The largest absolute Gasteiger partial charge is 0.496 e. The molecule has 0 amide bonds. The number of methoxy groups -OCH3 is 1. The lowest BCUT2D eigenvalue weighted by atomic mass is 9.94. The molecular weight excluding hydrogens is 383 g/mol. The van der Waals surface area contributed by atoms with Crippen LogP contribution in [0.15, 0.2) is 53.3 Å². The van der Waals surface area contributed by atoms with Crippen molar-refractivity contribution < 1.29 is 9.47 Å². The van der Waals surface area contributed by atoms with Crippen LogP contribution in [0.3, 0.4) is 0 Å². The van der Waals surface area contributed by atoms with Crippen molar-refractivity contribution in [3.05, 3.63) is 59.4 Å². The van der Waals surface area contributed by atoms with Crippen molar-refractivity contribution in [3.63, 3.8) is 0 Å². The second kappa shape index (κ2) is 11.0. The number of halogens is 2. The van der Waals surface area contributed by atoms with Gasteiger partial charge in [-0.05, 0) is 62.6 Å². The third-order valence-electron chi connectivity index (χ3n) is 4.02. The summed E-state index contributed by atoms with van der Waals surface area (Å²) in [4.78, 5) is 8.96. The Morgan fingerprint density at radius 3 is 2.63 bits per heavy atom. The van der Waals surface area contributed by atoms with E-state index in [1.54, 1.807) is 13.3 Å². The number of aromatic nitrogens is 1. The molecule has 0 aliphatic carbocycles. The summed E-state index contributed by atoms with van der Waals surface area (Å²) in [5.74, 6) is 1.63. The van der Waals surface area contributed by atoms with E-state index in [-0.39, 0.29) is 30.9 Å². The summed E-state index contributed by atoms with van der Waals surface area (Å²) in [7, 11) is 1.69. The number of nitrogens with zero attached hydrogens (tertiary/aromatic N) is 2. The van der Waals surface area contributed by atoms with Gasteiger partial charge in [0.25, 0.3) is 0 Å². The predicted octanol–water partition coefficient (Wildman–Crippen LogP) is 5.39. The maximum absolute atomic E-state index is 5.76. The highest BCUT2D eigenvalue weighted by atomic mass is 35.5. The third kappa shape index (κ3) is 5.98. The van der Waals surface area contributed by atoms with Crippen LogP contribution in [-0.4, -0.2) is 30.5 Å². The van der Waals surface area contributed by atoms with Gasteiger partial charge in [0.1, 0.15) is 11.5 Å². The quantitative estimate of drug-likeness (QED) is 0.665. The molecule has 4 nitrogen and oxygen atoms in total. The van der Waals surface area contributed by atoms with Crippen LogP contribution in [0.5, 0.6) is 11.5 Å². The molecule has 1 aromatic carbocycles. The first kappa shape index (κ1) is 23.0.